The van der Waals surface area contributed by atoms with Gasteiger partial charge in [-0.3, -0.25) is 19.2 Å². The van der Waals surface area contributed by atoms with Gasteiger partial charge in [0.05, 0.1) is 83.2 Å². The van der Waals surface area contributed by atoms with Crippen LogP contribution in [0.2, 0.25) is 0 Å². The highest BCUT2D eigenvalue weighted by Crippen LogP contribution is 2.42. The highest BCUT2D eigenvalue weighted by atomic mass is 16.8. The number of hydrogen-bond acceptors (Lipinski definition) is 39. The summed E-state index contributed by atoms with van der Waals surface area (Å²) in [5, 5.41) is 243. The summed E-state index contributed by atoms with van der Waals surface area (Å²) in [5.74, 6) is -14.9. The maximum Gasteiger partial charge on any atom is 0.217 e. The van der Waals surface area contributed by atoms with Crippen LogP contribution < -0.4 is 31.5 Å². The Morgan fingerprint density at radius 1 is 0.505 bits per heavy atom. The Bertz CT molecular complexity index is 2500. The van der Waals surface area contributed by atoms with Crippen LogP contribution in [0.5, 0.6) is 0 Å². The minimum absolute atomic E-state index is 0.200. The Hall–Kier alpha value is -4.42. The van der Waals surface area contributed by atoms with E-state index in [0.29, 0.717) is 0 Å². The lowest BCUT2D eigenvalue weighted by Gasteiger charge is -2.54. The molecule has 43 nitrogen and oxygen atoms in total. The molecule has 6 aliphatic rings. The van der Waals surface area contributed by atoms with Crippen molar-refractivity contribution in [2.75, 3.05) is 52.9 Å². The van der Waals surface area contributed by atoms with Crippen LogP contribution in [0.4, 0.5) is 0 Å². The number of hydrogen-bond donors (Lipinski definition) is 23. The molecular formula is C52H84N4O39-2. The maximum absolute atomic E-state index is 13.7. The second-order valence-electron chi connectivity index (χ2n) is 23.3. The summed E-state index contributed by atoms with van der Waals surface area (Å²) in [6.07, 6.45) is -64.1. The molecule has 0 saturated carbocycles. The van der Waals surface area contributed by atoms with Crippen molar-refractivity contribution >= 4 is 36.1 Å². The van der Waals surface area contributed by atoms with Crippen LogP contribution in [-0.2, 0) is 85.6 Å². The van der Waals surface area contributed by atoms with Crippen LogP contribution >= 0.6 is 0 Å². The molecule has 0 aromatic rings. The van der Waals surface area contributed by atoms with Gasteiger partial charge in [0.15, 0.2) is 25.2 Å². The molecule has 23 N–H and O–H groups in total. The largest absolute Gasteiger partial charge is 0.544 e. The minimum atomic E-state index is -3.65. The number of amides is 4. The molecule has 6 fully saturated rings. The van der Waals surface area contributed by atoms with E-state index in [9.17, 15) is 136 Å². The number of ether oxygens (including phenoxy) is 12. The topological polar surface area (TPSA) is 692 Å². The molecule has 6 aliphatic heterocycles. The first-order chi connectivity index (χ1) is 44.7. The second-order valence-corrected chi connectivity index (χ2v) is 23.3. The van der Waals surface area contributed by atoms with Crippen molar-refractivity contribution in [2.45, 2.75) is 235 Å². The second kappa shape index (κ2) is 34.6. The van der Waals surface area contributed by atoms with E-state index in [4.69, 9.17) is 56.8 Å². The normalized spacial score (nSPS) is 42.5. The summed E-state index contributed by atoms with van der Waals surface area (Å²) < 4.78 is 70.1. The van der Waals surface area contributed by atoms with Gasteiger partial charge in [-0.1, -0.05) is 0 Å². The molecule has 0 aromatic carbocycles. The molecule has 33 atom stereocenters. The Morgan fingerprint density at radius 3 is 1.44 bits per heavy atom. The Morgan fingerprint density at radius 2 is 0.947 bits per heavy atom. The lowest BCUT2D eigenvalue weighted by Crippen LogP contribution is -2.73. The molecule has 0 spiro atoms. The van der Waals surface area contributed by atoms with E-state index in [2.05, 4.69) is 21.3 Å². The molecule has 4 amide bonds. The van der Waals surface area contributed by atoms with Crippen molar-refractivity contribution in [3.63, 3.8) is 0 Å². The van der Waals surface area contributed by atoms with Gasteiger partial charge in [0, 0.05) is 33.6 Å². The SMILES string of the molecule is CC(=O)N[C@H]1[C@H](O[C@@H]2[C@H](O[C@]3(C(=O)[O-])C[C@H](O)[C@@H](NC(C)=O)[C@H]([C@H](O)[C@H](O)CO)O3)[C@@H](O)[C@H](O[C@H]3[C@H](O)[C@@H](O)[C@H](OC[C@@H](CO)NC=O)O[C@@H]3CO)O[C@@H]2CO)O[C@H](CO[C@]2(C(=O)[O-])C[C@H](O)[C@@H](NC(C)=O)[C@H]([C@H](O)[C@H](O)CO)O2)[C@H](O)[C@@H]1O[C@@H]1O[C@H](CO)[C@H](O)[C@H](O)[C@H]1O. The number of carboxylic acid groups (broad SMARTS) is 2. The molecule has 0 aliphatic carbocycles. The van der Waals surface area contributed by atoms with Crippen LogP contribution in [0.25, 0.3) is 0 Å². The van der Waals surface area contributed by atoms with E-state index >= 15 is 0 Å². The van der Waals surface area contributed by atoms with E-state index in [1.807, 2.05) is 0 Å². The fourth-order valence-electron chi connectivity index (χ4n) is 11.6. The molecule has 43 heteroatoms. The van der Waals surface area contributed by atoms with Crippen molar-refractivity contribution in [1.82, 2.24) is 21.3 Å². The lowest BCUT2D eigenvalue weighted by atomic mass is 9.88. The predicted molar refractivity (Wildman–Crippen MR) is 287 cm³/mol. The van der Waals surface area contributed by atoms with Gasteiger partial charge in [-0.2, -0.15) is 0 Å². The van der Waals surface area contributed by atoms with Gasteiger partial charge in [0.25, 0.3) is 0 Å². The van der Waals surface area contributed by atoms with Gasteiger partial charge in [-0.15, -0.1) is 0 Å². The number of carbonyl (C=O) groups excluding carboxylic acids is 6. The standard InChI is InChI=1S/C52H86N4O39/c1-15(64)54-27-19(67)4-51(49(80)81,93-42(27)30(71)21(69)7-58)85-13-26-33(74)41(92-47-36(77)34(75)32(73)23(9-60)86-47)29(56-17(3)66)45(89-26)91-40-25(11-62)88-48(90-39-24(10-61)87-46(37(78)35(39)76)84-12-18(6-57)53-14-63)38(79)44(40)95-52(50(82)83)5-20(68)28(55-16(2)65)43(94-52)31(72)22(70)8-59/h14,18-48,57-62,67-79H,4-13H2,1-3H3,(H,53,63)(H,54,64)(H,55,65)(H,56,66)(H,80,81)(H,82,83)/p-2/t18-,19+,20+,21-,22-,23-,24-,25-,26-,27-,28-,29-,30-,31-,32+,33+,34+,35-,36-,37-,38-,39-,40+,41-,42-,43-,44-,45+,46-,47+,48+,51-,52+/m1/s1. The quantitative estimate of drug-likeness (QED) is 0.0287. The van der Waals surface area contributed by atoms with Crippen LogP contribution in [0, 0.1) is 0 Å². The first-order valence-corrected chi connectivity index (χ1v) is 29.5. The Balaban J connectivity index is 1.50. The van der Waals surface area contributed by atoms with Gasteiger partial charge >= 0.3 is 0 Å². The number of nitrogens with one attached hydrogen (secondary N) is 4. The highest BCUT2D eigenvalue weighted by molar-refractivity contribution is 5.76. The van der Waals surface area contributed by atoms with Crippen molar-refractivity contribution < 1.29 is 193 Å². The maximum atomic E-state index is 13.7. The number of aliphatic carboxylic acids is 2. The van der Waals surface area contributed by atoms with Crippen LogP contribution in [0.3, 0.4) is 0 Å². The van der Waals surface area contributed by atoms with Gasteiger partial charge < -0.3 is 195 Å². The molecule has 548 valence electrons. The third-order valence-electron chi connectivity index (χ3n) is 16.5. The zero-order chi connectivity index (χ0) is 70.9. The van der Waals surface area contributed by atoms with Gasteiger partial charge in [0.2, 0.25) is 35.7 Å². The smallest absolute Gasteiger partial charge is 0.217 e. The summed E-state index contributed by atoms with van der Waals surface area (Å²) in [7, 11) is 0. The van der Waals surface area contributed by atoms with Crippen molar-refractivity contribution in [1.29, 1.82) is 0 Å². The van der Waals surface area contributed by atoms with Crippen LogP contribution in [0.15, 0.2) is 0 Å². The lowest BCUT2D eigenvalue weighted by molar-refractivity contribution is -0.422. The minimum Gasteiger partial charge on any atom is -0.544 e. The first-order valence-electron chi connectivity index (χ1n) is 29.5. The molecule has 6 saturated heterocycles. The summed E-state index contributed by atoms with van der Waals surface area (Å²) >= 11 is 0. The Labute approximate surface area is 537 Å². The third-order valence-corrected chi connectivity index (χ3v) is 16.5. The van der Waals surface area contributed by atoms with Crippen molar-refractivity contribution in [3.8, 4) is 0 Å². The zero-order valence-electron chi connectivity index (χ0n) is 50.7. The molecule has 95 heavy (non-hydrogen) atoms. The summed E-state index contributed by atoms with van der Waals surface area (Å²) in [5.41, 5.74) is 0. The molecule has 6 rings (SSSR count). The highest BCUT2D eigenvalue weighted by Gasteiger charge is 2.62. The van der Waals surface area contributed by atoms with Crippen molar-refractivity contribution in [2.24, 2.45) is 0 Å². The number of aliphatic hydroxyl groups excluding tert-OH is 19. The number of aliphatic hydroxyl groups is 19. The monoisotopic (exact) mass is 1390 g/mol. The van der Waals surface area contributed by atoms with E-state index in [1.54, 1.807) is 0 Å². The average Bonchev–Trinajstić information content (AvgIpc) is 0.758. The van der Waals surface area contributed by atoms with Crippen LogP contribution in [-0.4, -0.2) is 387 Å². The molecular weight excluding hydrogens is 1300 g/mol. The third kappa shape index (κ3) is 18.1. The molecule has 0 aromatic heterocycles. The number of carboxylic acids is 2. The van der Waals surface area contributed by atoms with Crippen molar-refractivity contribution in [3.05, 3.63) is 0 Å². The summed E-state index contributed by atoms with van der Waals surface area (Å²) in [4.78, 5) is 76.0. The molecule has 0 bridgehead atoms. The van der Waals surface area contributed by atoms with E-state index in [0.717, 1.165) is 20.8 Å². The zero-order valence-corrected chi connectivity index (χ0v) is 50.7. The Kier molecular flexibility index (Phi) is 29.0. The number of rotatable bonds is 31. The van der Waals surface area contributed by atoms with Gasteiger partial charge in [0.1, 0.15) is 146 Å². The average molecular weight is 1390 g/mol. The van der Waals surface area contributed by atoms with Gasteiger partial charge in [-0.05, 0) is 0 Å². The summed E-state index contributed by atoms with van der Waals surface area (Å²) in [6.45, 7) is -6.26. The molecule has 6 heterocycles. The predicted octanol–water partition coefficient (Wildman–Crippen LogP) is -18.8. The fraction of sp³-hybridized carbons (Fsp3) is 0.885. The number of carbonyl (C=O) groups is 6. The van der Waals surface area contributed by atoms with E-state index < -0.39 is 297 Å². The summed E-state index contributed by atoms with van der Waals surface area (Å²) in [6, 6.07) is -7.00. The fourth-order valence-corrected chi connectivity index (χ4v) is 11.6. The van der Waals surface area contributed by atoms with Gasteiger partial charge in [-0.25, -0.2) is 0 Å². The molecule has 0 radical (unpaired) electrons. The first kappa shape index (κ1) is 79.6. The molecule has 0 unspecified atom stereocenters. The van der Waals surface area contributed by atoms with Crippen LogP contribution in [0.1, 0.15) is 33.6 Å². The van der Waals surface area contributed by atoms with E-state index in [1.165, 1.54) is 0 Å². The van der Waals surface area contributed by atoms with E-state index in [-0.39, 0.29) is 6.41 Å².